The van der Waals surface area contributed by atoms with Crippen LogP contribution in [0.1, 0.15) is 16.7 Å². The highest BCUT2D eigenvalue weighted by Gasteiger charge is 2.15. The molecule has 0 saturated heterocycles. The molecule has 0 aliphatic heterocycles. The van der Waals surface area contributed by atoms with Crippen molar-refractivity contribution in [3.05, 3.63) is 108 Å². The predicted octanol–water partition coefficient (Wildman–Crippen LogP) is 5.90. The molecular formula is C28H23NO3. The van der Waals surface area contributed by atoms with Gasteiger partial charge in [0.15, 0.2) is 0 Å². The van der Waals surface area contributed by atoms with Crippen molar-refractivity contribution in [1.82, 2.24) is 4.98 Å². The molecule has 0 radical (unpaired) electrons. The van der Waals surface area contributed by atoms with Crippen LogP contribution in [-0.4, -0.2) is 12.1 Å². The van der Waals surface area contributed by atoms with E-state index in [0.717, 1.165) is 27.8 Å². The molecule has 0 unspecified atom stereocenters. The first-order valence-corrected chi connectivity index (χ1v) is 10.3. The van der Waals surface area contributed by atoms with E-state index in [0.29, 0.717) is 30.7 Å². The van der Waals surface area contributed by atoms with Crippen molar-refractivity contribution in [3.8, 4) is 41.0 Å². The number of methoxy groups -OCH3 is 1. The standard InChI is InChI=1S/C28H23NO3/c1-3-23-14-15-24(30-2)18-26(23)25-16-17-27(31-19-21-10-6-4-7-11-21)29-28(25)32-20-22-12-8-5-9-13-22/h1,4-18H,19-20H2,2H3. The van der Waals surface area contributed by atoms with E-state index in [4.69, 9.17) is 20.6 Å². The van der Waals surface area contributed by atoms with Gasteiger partial charge in [-0.25, -0.2) is 0 Å². The minimum absolute atomic E-state index is 0.373. The molecule has 0 bridgehead atoms. The Bertz CT molecular complexity index is 1210. The molecule has 4 nitrogen and oxygen atoms in total. The lowest BCUT2D eigenvalue weighted by Crippen LogP contribution is -2.03. The summed E-state index contributed by atoms with van der Waals surface area (Å²) in [5, 5.41) is 0. The van der Waals surface area contributed by atoms with Gasteiger partial charge in [0.2, 0.25) is 11.8 Å². The van der Waals surface area contributed by atoms with Crippen LogP contribution < -0.4 is 14.2 Å². The molecule has 0 spiro atoms. The largest absolute Gasteiger partial charge is 0.497 e. The highest BCUT2D eigenvalue weighted by Crippen LogP contribution is 2.35. The fourth-order valence-electron chi connectivity index (χ4n) is 3.28. The van der Waals surface area contributed by atoms with Gasteiger partial charge in [0, 0.05) is 22.8 Å². The van der Waals surface area contributed by atoms with Gasteiger partial charge in [-0.15, -0.1) is 6.42 Å². The molecule has 0 aliphatic rings. The van der Waals surface area contributed by atoms with E-state index in [2.05, 4.69) is 10.9 Å². The number of ether oxygens (including phenoxy) is 3. The molecule has 4 aromatic rings. The van der Waals surface area contributed by atoms with Crippen LogP contribution in [0.15, 0.2) is 91.0 Å². The molecule has 0 N–H and O–H groups in total. The predicted molar refractivity (Wildman–Crippen MR) is 126 cm³/mol. The van der Waals surface area contributed by atoms with Crippen LogP contribution in [0.2, 0.25) is 0 Å². The summed E-state index contributed by atoms with van der Waals surface area (Å²) in [6.45, 7) is 0.790. The Hall–Kier alpha value is -4.23. The first kappa shape index (κ1) is 21.0. The van der Waals surface area contributed by atoms with E-state index in [1.165, 1.54) is 0 Å². The number of hydrogen-bond donors (Lipinski definition) is 0. The van der Waals surface area contributed by atoms with Crippen LogP contribution in [0, 0.1) is 12.3 Å². The quantitative estimate of drug-likeness (QED) is 0.332. The zero-order chi connectivity index (χ0) is 22.2. The number of terminal acetylenes is 1. The highest BCUT2D eigenvalue weighted by atomic mass is 16.5. The van der Waals surface area contributed by atoms with Gasteiger partial charge in [-0.3, -0.25) is 0 Å². The van der Waals surface area contributed by atoms with Crippen LogP contribution in [-0.2, 0) is 13.2 Å². The maximum atomic E-state index is 6.14. The molecule has 32 heavy (non-hydrogen) atoms. The molecule has 158 valence electrons. The molecule has 0 saturated carbocycles. The smallest absolute Gasteiger partial charge is 0.225 e. The number of benzene rings is 3. The van der Waals surface area contributed by atoms with Gasteiger partial charge in [0.1, 0.15) is 19.0 Å². The second-order valence-electron chi connectivity index (χ2n) is 7.11. The van der Waals surface area contributed by atoms with Crippen LogP contribution >= 0.6 is 0 Å². The average Bonchev–Trinajstić information content (AvgIpc) is 2.87. The second kappa shape index (κ2) is 10.2. The van der Waals surface area contributed by atoms with Crippen molar-refractivity contribution in [2.75, 3.05) is 7.11 Å². The lowest BCUT2D eigenvalue weighted by atomic mass is 10.0. The number of nitrogens with zero attached hydrogens (tertiary/aromatic N) is 1. The van der Waals surface area contributed by atoms with Crippen molar-refractivity contribution in [1.29, 1.82) is 0 Å². The van der Waals surface area contributed by atoms with Gasteiger partial charge < -0.3 is 14.2 Å². The Morgan fingerprint density at radius 1 is 0.750 bits per heavy atom. The van der Waals surface area contributed by atoms with E-state index in [-0.39, 0.29) is 0 Å². The molecule has 4 rings (SSSR count). The Labute approximate surface area is 188 Å². The topological polar surface area (TPSA) is 40.6 Å². The minimum atomic E-state index is 0.373. The summed E-state index contributed by atoms with van der Waals surface area (Å²) < 4.78 is 17.5. The third kappa shape index (κ3) is 5.08. The SMILES string of the molecule is C#Cc1ccc(OC)cc1-c1ccc(OCc2ccccc2)nc1OCc1ccccc1. The minimum Gasteiger partial charge on any atom is -0.497 e. The van der Waals surface area contributed by atoms with Crippen LogP contribution in [0.3, 0.4) is 0 Å². The Morgan fingerprint density at radius 2 is 1.41 bits per heavy atom. The molecule has 0 aliphatic carbocycles. The van der Waals surface area contributed by atoms with Crippen LogP contribution in [0.5, 0.6) is 17.5 Å². The van der Waals surface area contributed by atoms with Gasteiger partial charge in [-0.1, -0.05) is 66.6 Å². The first-order valence-electron chi connectivity index (χ1n) is 10.3. The lowest BCUT2D eigenvalue weighted by Gasteiger charge is -2.15. The molecule has 1 aromatic heterocycles. The molecule has 0 fully saturated rings. The van der Waals surface area contributed by atoms with Gasteiger partial charge in [0.25, 0.3) is 0 Å². The monoisotopic (exact) mass is 421 g/mol. The number of aromatic nitrogens is 1. The van der Waals surface area contributed by atoms with Crippen molar-refractivity contribution in [2.45, 2.75) is 13.2 Å². The summed E-state index contributed by atoms with van der Waals surface area (Å²) >= 11 is 0. The van der Waals surface area contributed by atoms with Gasteiger partial charge in [0.05, 0.1) is 7.11 Å². The van der Waals surface area contributed by atoms with E-state index < -0.39 is 0 Å². The summed E-state index contributed by atoms with van der Waals surface area (Å²) in [5.41, 5.74) is 4.43. The van der Waals surface area contributed by atoms with E-state index in [1.54, 1.807) is 7.11 Å². The van der Waals surface area contributed by atoms with E-state index >= 15 is 0 Å². The highest BCUT2D eigenvalue weighted by molar-refractivity contribution is 5.76. The summed E-state index contributed by atoms with van der Waals surface area (Å²) in [4.78, 5) is 4.66. The molecule has 0 atom stereocenters. The number of hydrogen-bond acceptors (Lipinski definition) is 4. The van der Waals surface area contributed by atoms with E-state index in [1.807, 2.05) is 91.0 Å². The lowest BCUT2D eigenvalue weighted by molar-refractivity contribution is 0.268. The van der Waals surface area contributed by atoms with Crippen LogP contribution in [0.25, 0.3) is 11.1 Å². The third-order valence-corrected chi connectivity index (χ3v) is 4.96. The zero-order valence-corrected chi connectivity index (χ0v) is 17.8. The summed E-state index contributed by atoms with van der Waals surface area (Å²) in [7, 11) is 1.63. The number of rotatable bonds is 8. The van der Waals surface area contributed by atoms with Crippen LogP contribution in [0.4, 0.5) is 0 Å². The number of pyridine rings is 1. The van der Waals surface area contributed by atoms with Gasteiger partial charge in [-0.2, -0.15) is 4.98 Å². The maximum Gasteiger partial charge on any atom is 0.225 e. The Kier molecular flexibility index (Phi) is 6.69. The Balaban J connectivity index is 1.68. The Morgan fingerprint density at radius 3 is 2.03 bits per heavy atom. The fourth-order valence-corrected chi connectivity index (χ4v) is 3.28. The molecule has 0 amide bonds. The van der Waals surface area contributed by atoms with Crippen molar-refractivity contribution in [2.24, 2.45) is 0 Å². The molecule has 3 aromatic carbocycles. The van der Waals surface area contributed by atoms with Gasteiger partial charge >= 0.3 is 0 Å². The summed E-state index contributed by atoms with van der Waals surface area (Å²) in [6.07, 6.45) is 5.76. The fraction of sp³-hybridized carbons (Fsp3) is 0.107. The van der Waals surface area contributed by atoms with Crippen molar-refractivity contribution < 1.29 is 14.2 Å². The molecule has 4 heteroatoms. The summed E-state index contributed by atoms with van der Waals surface area (Å²) in [5.74, 6) is 4.37. The third-order valence-electron chi connectivity index (χ3n) is 4.96. The van der Waals surface area contributed by atoms with Crippen molar-refractivity contribution in [3.63, 3.8) is 0 Å². The van der Waals surface area contributed by atoms with E-state index in [9.17, 15) is 0 Å². The zero-order valence-electron chi connectivity index (χ0n) is 17.8. The first-order chi connectivity index (χ1) is 15.8. The average molecular weight is 421 g/mol. The summed E-state index contributed by atoms with van der Waals surface area (Å²) in [6, 6.07) is 29.2. The molecule has 1 heterocycles. The second-order valence-corrected chi connectivity index (χ2v) is 7.11. The molecular weight excluding hydrogens is 398 g/mol. The maximum absolute atomic E-state index is 6.14. The normalized spacial score (nSPS) is 10.2. The van der Waals surface area contributed by atoms with Gasteiger partial charge in [-0.05, 0) is 35.4 Å². The van der Waals surface area contributed by atoms with Crippen molar-refractivity contribution >= 4 is 0 Å².